The van der Waals surface area contributed by atoms with Crippen LogP contribution >= 0.6 is 47.0 Å². The minimum Gasteiger partial charge on any atom is -0.477 e. The molecule has 2 aliphatic heterocycles. The van der Waals surface area contributed by atoms with Crippen molar-refractivity contribution in [2.24, 2.45) is 0 Å². The Balaban J connectivity index is 2.28. The highest BCUT2D eigenvalue weighted by Gasteiger charge is 2.32. The van der Waals surface area contributed by atoms with E-state index in [0.29, 0.717) is 4.24 Å². The Morgan fingerprint density at radius 3 is 2.12 bits per heavy atom. The molecule has 1 N–H and O–H groups in total. The molecule has 0 unspecified atom stereocenters. The van der Waals surface area contributed by atoms with Crippen molar-refractivity contribution in [1.82, 2.24) is 0 Å². The number of carboxylic acids is 1. The van der Waals surface area contributed by atoms with Crippen LogP contribution in [0.2, 0.25) is 0 Å². The number of carbonyl (C=O) groups is 2. The van der Waals surface area contributed by atoms with Crippen LogP contribution in [-0.4, -0.2) is 35.7 Å². The molecule has 8 heteroatoms. The largest absolute Gasteiger partial charge is 0.477 e. The number of rotatable bonds is 2. The van der Waals surface area contributed by atoms with Crippen LogP contribution in [0, 0.1) is 0 Å². The first-order chi connectivity index (χ1) is 8.13. The molecular weight excluding hydrogens is 300 g/mol. The lowest BCUT2D eigenvalue weighted by Gasteiger charge is -2.08. The zero-order chi connectivity index (χ0) is 12.4. The van der Waals surface area contributed by atoms with Gasteiger partial charge in [0.1, 0.15) is 0 Å². The van der Waals surface area contributed by atoms with Crippen LogP contribution < -0.4 is 0 Å². The third-order valence-corrected chi connectivity index (χ3v) is 7.68. The van der Waals surface area contributed by atoms with Gasteiger partial charge in [-0.25, -0.2) is 9.59 Å². The lowest BCUT2D eigenvalue weighted by molar-refractivity contribution is -0.142. The average molecular weight is 308 g/mol. The minimum atomic E-state index is -1.23. The molecule has 0 aromatic rings. The maximum atomic E-state index is 11.4. The van der Waals surface area contributed by atoms with Crippen molar-refractivity contribution in [2.45, 2.75) is 0 Å². The zero-order valence-corrected chi connectivity index (χ0v) is 12.0. The summed E-state index contributed by atoms with van der Waals surface area (Å²) in [7, 11) is 1.19. The van der Waals surface area contributed by atoms with Gasteiger partial charge in [-0.1, -0.05) is 23.5 Å². The summed E-state index contributed by atoms with van der Waals surface area (Å²) in [5.74, 6) is 0.0136. The highest BCUT2D eigenvalue weighted by molar-refractivity contribution is 8.41. The van der Waals surface area contributed by atoms with Gasteiger partial charge in [-0.15, -0.1) is 23.5 Å². The highest BCUT2D eigenvalue weighted by Crippen LogP contribution is 2.60. The minimum absolute atomic E-state index is 0.266. The highest BCUT2D eigenvalue weighted by atomic mass is 32.3. The number of carbonyl (C=O) groups excluding carboxylic acids is 1. The third kappa shape index (κ3) is 2.81. The van der Waals surface area contributed by atoms with E-state index in [1.807, 2.05) is 0 Å². The van der Waals surface area contributed by atoms with Crippen LogP contribution in [0.1, 0.15) is 0 Å². The second-order valence-corrected chi connectivity index (χ2v) is 7.96. The summed E-state index contributed by atoms with van der Waals surface area (Å²) < 4.78 is 7.22. The van der Waals surface area contributed by atoms with Crippen LogP contribution in [0.5, 0.6) is 0 Å². The molecule has 0 atom stereocenters. The van der Waals surface area contributed by atoms with E-state index in [2.05, 4.69) is 4.74 Å². The van der Waals surface area contributed by atoms with E-state index in [9.17, 15) is 9.59 Å². The number of aliphatic carboxylic acids is 1. The standard InChI is InChI=1S/C9H8O4S4/c1-13-6(12)4(5(10)11)7-16-8-9(17-7)15-3-2-14-8/h2-3H2,1H3,(H,10,11). The smallest absolute Gasteiger partial charge is 0.347 e. The molecule has 92 valence electrons. The Labute approximate surface area is 115 Å². The van der Waals surface area contributed by atoms with Gasteiger partial charge in [-0.3, -0.25) is 0 Å². The van der Waals surface area contributed by atoms with E-state index in [1.165, 1.54) is 30.6 Å². The second-order valence-electron chi connectivity index (χ2n) is 2.94. The molecule has 0 bridgehead atoms. The first-order valence-corrected chi connectivity index (χ1v) is 8.15. The second kappa shape index (κ2) is 5.64. The molecule has 2 rings (SSSR count). The first-order valence-electron chi connectivity index (χ1n) is 4.55. The number of ether oxygens (including phenoxy) is 1. The number of methoxy groups -OCH3 is 1. The van der Waals surface area contributed by atoms with Gasteiger partial charge in [0.2, 0.25) is 0 Å². The van der Waals surface area contributed by atoms with Crippen molar-refractivity contribution >= 4 is 59.0 Å². The molecule has 0 fully saturated rings. The molecule has 0 spiro atoms. The summed E-state index contributed by atoms with van der Waals surface area (Å²) in [6.07, 6.45) is 0. The van der Waals surface area contributed by atoms with Crippen molar-refractivity contribution in [2.75, 3.05) is 18.6 Å². The van der Waals surface area contributed by atoms with Crippen LogP contribution in [0.25, 0.3) is 0 Å². The van der Waals surface area contributed by atoms with Crippen molar-refractivity contribution in [3.05, 3.63) is 18.3 Å². The topological polar surface area (TPSA) is 63.6 Å². The van der Waals surface area contributed by atoms with Gasteiger partial charge >= 0.3 is 11.9 Å². The van der Waals surface area contributed by atoms with Gasteiger partial charge in [0.15, 0.2) is 5.57 Å². The Hall–Kier alpha value is -0.180. The number of hydrogen-bond donors (Lipinski definition) is 1. The first kappa shape index (κ1) is 13.3. The summed E-state index contributed by atoms with van der Waals surface area (Å²) in [4.78, 5) is 22.5. The third-order valence-electron chi connectivity index (χ3n) is 1.89. The summed E-state index contributed by atoms with van der Waals surface area (Å²) in [5, 5.41) is 9.05. The molecule has 17 heavy (non-hydrogen) atoms. The van der Waals surface area contributed by atoms with Gasteiger partial charge in [0.25, 0.3) is 0 Å². The van der Waals surface area contributed by atoms with Gasteiger partial charge in [0.05, 0.1) is 19.8 Å². The normalized spacial score (nSPS) is 19.0. The zero-order valence-electron chi connectivity index (χ0n) is 8.72. The Bertz CT molecular complexity index is 420. The molecule has 2 aliphatic rings. The Morgan fingerprint density at radius 1 is 1.18 bits per heavy atom. The molecular formula is C9H8O4S4. The molecule has 0 aromatic carbocycles. The summed E-state index contributed by atoms with van der Waals surface area (Å²) in [5.41, 5.74) is -0.266. The SMILES string of the molecule is COC(=O)C(C(=O)O)=C1SC2=C(SCCS2)S1. The summed E-state index contributed by atoms with van der Waals surface area (Å²) in [6, 6.07) is 0. The molecule has 0 radical (unpaired) electrons. The van der Waals surface area contributed by atoms with E-state index < -0.39 is 11.9 Å². The van der Waals surface area contributed by atoms with Crippen molar-refractivity contribution in [3.63, 3.8) is 0 Å². The van der Waals surface area contributed by atoms with Crippen molar-refractivity contribution < 1.29 is 19.4 Å². The van der Waals surface area contributed by atoms with Crippen LogP contribution in [-0.2, 0) is 14.3 Å². The quantitative estimate of drug-likeness (QED) is 0.361. The van der Waals surface area contributed by atoms with E-state index in [-0.39, 0.29) is 5.57 Å². The Morgan fingerprint density at radius 2 is 1.71 bits per heavy atom. The fourth-order valence-electron chi connectivity index (χ4n) is 1.18. The summed E-state index contributed by atoms with van der Waals surface area (Å²) in [6.45, 7) is 0. The maximum Gasteiger partial charge on any atom is 0.347 e. The molecule has 2 heterocycles. The predicted octanol–water partition coefficient (Wildman–Crippen LogP) is 2.54. The molecule has 0 saturated carbocycles. The van der Waals surface area contributed by atoms with E-state index >= 15 is 0 Å². The summed E-state index contributed by atoms with van der Waals surface area (Å²) >= 11 is 6.13. The maximum absolute atomic E-state index is 11.4. The molecule has 0 amide bonds. The fourth-order valence-corrected chi connectivity index (χ4v) is 7.16. The molecule has 0 saturated heterocycles. The van der Waals surface area contributed by atoms with Gasteiger partial charge in [-0.2, -0.15) is 0 Å². The fraction of sp³-hybridized carbons (Fsp3) is 0.333. The molecule has 4 nitrogen and oxygen atoms in total. The Kier molecular flexibility index (Phi) is 4.40. The monoisotopic (exact) mass is 308 g/mol. The number of carboxylic acid groups (broad SMARTS) is 1. The molecule has 0 aromatic heterocycles. The van der Waals surface area contributed by atoms with E-state index in [4.69, 9.17) is 5.11 Å². The number of esters is 1. The van der Waals surface area contributed by atoms with E-state index in [1.54, 1.807) is 23.5 Å². The average Bonchev–Trinajstić information content (AvgIpc) is 2.71. The lowest BCUT2D eigenvalue weighted by Crippen LogP contribution is -2.14. The lowest BCUT2D eigenvalue weighted by atomic mass is 10.3. The van der Waals surface area contributed by atoms with E-state index in [0.717, 1.165) is 20.0 Å². The van der Waals surface area contributed by atoms with Crippen molar-refractivity contribution in [1.29, 1.82) is 0 Å². The number of hydrogen-bond acceptors (Lipinski definition) is 7. The van der Waals surface area contributed by atoms with Crippen LogP contribution in [0.4, 0.5) is 0 Å². The molecule has 0 aliphatic carbocycles. The van der Waals surface area contributed by atoms with Gasteiger partial charge < -0.3 is 9.84 Å². The van der Waals surface area contributed by atoms with Gasteiger partial charge in [0, 0.05) is 11.5 Å². The van der Waals surface area contributed by atoms with Gasteiger partial charge in [-0.05, 0) is 0 Å². The van der Waals surface area contributed by atoms with Crippen LogP contribution in [0.15, 0.2) is 18.3 Å². The predicted molar refractivity (Wildman–Crippen MR) is 73.8 cm³/mol. The number of thioether (sulfide) groups is 4. The van der Waals surface area contributed by atoms with Crippen molar-refractivity contribution in [3.8, 4) is 0 Å². The van der Waals surface area contributed by atoms with Crippen LogP contribution in [0.3, 0.4) is 0 Å².